The van der Waals surface area contributed by atoms with E-state index >= 15 is 0 Å². The summed E-state index contributed by atoms with van der Waals surface area (Å²) in [6.07, 6.45) is 2.51. The highest BCUT2D eigenvalue weighted by molar-refractivity contribution is 7.95. The topological polar surface area (TPSA) is 83.7 Å². The van der Waals surface area contributed by atoms with Gasteiger partial charge < -0.3 is 0 Å². The molecular weight excluding hydrogens is 333 g/mol. The number of allylic oxidation sites excluding steroid dienone is 1. The molecule has 0 aliphatic rings. The van der Waals surface area contributed by atoms with E-state index in [9.17, 15) is 8.42 Å². The van der Waals surface area contributed by atoms with E-state index in [-0.39, 0.29) is 15.3 Å². The Morgan fingerprint density at radius 3 is 2.43 bits per heavy atom. The smallest absolute Gasteiger partial charge is 0.233 e. The van der Waals surface area contributed by atoms with Crippen molar-refractivity contribution in [1.82, 2.24) is 9.97 Å². The lowest BCUT2D eigenvalue weighted by molar-refractivity contribution is 0.600. The maximum absolute atomic E-state index is 12.3. The number of hydrogen-bond donors (Lipinski definition) is 0. The summed E-state index contributed by atoms with van der Waals surface area (Å²) in [7, 11) is -3.99. The van der Waals surface area contributed by atoms with Crippen molar-refractivity contribution in [3.05, 3.63) is 57.3 Å². The molecule has 2 rings (SSSR count). The lowest BCUT2D eigenvalue weighted by Crippen LogP contribution is -2.05. The van der Waals surface area contributed by atoms with Crippen molar-refractivity contribution < 1.29 is 8.42 Å². The van der Waals surface area contributed by atoms with E-state index in [4.69, 9.17) is 28.5 Å². The number of hydrogen-bond acceptors (Lipinski definition) is 5. The molecule has 0 saturated heterocycles. The number of halogens is 2. The molecule has 8 heteroatoms. The van der Waals surface area contributed by atoms with E-state index in [2.05, 4.69) is 9.97 Å². The summed E-state index contributed by atoms with van der Waals surface area (Å²) in [5, 5.41) is 9.11. The highest BCUT2D eigenvalue weighted by atomic mass is 35.5. The van der Waals surface area contributed by atoms with Gasteiger partial charge >= 0.3 is 0 Å². The minimum Gasteiger partial charge on any atom is -0.244 e. The number of pyridine rings is 2. The first-order chi connectivity index (χ1) is 9.93. The largest absolute Gasteiger partial charge is 0.244 e. The fourth-order valence-electron chi connectivity index (χ4n) is 1.51. The fourth-order valence-corrected chi connectivity index (χ4v) is 3.08. The first-order valence-corrected chi connectivity index (χ1v) is 7.78. The highest BCUT2D eigenvalue weighted by Gasteiger charge is 2.22. The standard InChI is InChI=1S/C13H7Cl2N3O2S/c14-11-6-9(7-12(15)18-11)5-10(8-16)21(19,20)13-3-1-2-4-17-13/h1-7H/b10-5-. The Bertz CT molecular complexity index is 823. The molecular formula is C13H7Cl2N3O2S. The molecule has 0 fully saturated rings. The molecule has 5 nitrogen and oxygen atoms in total. The maximum Gasteiger partial charge on any atom is 0.233 e. The maximum atomic E-state index is 12.3. The Morgan fingerprint density at radius 1 is 1.24 bits per heavy atom. The molecule has 0 aliphatic heterocycles. The first-order valence-electron chi connectivity index (χ1n) is 5.54. The molecule has 21 heavy (non-hydrogen) atoms. The Morgan fingerprint density at radius 2 is 1.90 bits per heavy atom. The number of nitrogens with zero attached hydrogens (tertiary/aromatic N) is 3. The lowest BCUT2D eigenvalue weighted by Gasteiger charge is -2.02. The van der Waals surface area contributed by atoms with E-state index in [0.29, 0.717) is 5.56 Å². The van der Waals surface area contributed by atoms with Crippen molar-refractivity contribution in [1.29, 1.82) is 5.26 Å². The summed E-state index contributed by atoms with van der Waals surface area (Å²) in [5.74, 6) is 0. The predicted molar refractivity (Wildman–Crippen MR) is 79.3 cm³/mol. The summed E-state index contributed by atoms with van der Waals surface area (Å²) in [6.45, 7) is 0. The molecule has 0 spiro atoms. The van der Waals surface area contributed by atoms with Gasteiger partial charge in [0.25, 0.3) is 0 Å². The zero-order chi connectivity index (χ0) is 15.5. The number of sulfone groups is 1. The molecule has 106 valence electrons. The van der Waals surface area contributed by atoms with Crippen LogP contribution in [0.5, 0.6) is 0 Å². The molecule has 0 saturated carbocycles. The molecule has 2 heterocycles. The van der Waals surface area contributed by atoms with Crippen molar-refractivity contribution in [3.63, 3.8) is 0 Å². The summed E-state index contributed by atoms with van der Waals surface area (Å²) < 4.78 is 24.6. The highest BCUT2D eigenvalue weighted by Crippen LogP contribution is 2.22. The van der Waals surface area contributed by atoms with E-state index in [1.54, 1.807) is 12.1 Å². The second-order valence-electron chi connectivity index (χ2n) is 3.84. The zero-order valence-electron chi connectivity index (χ0n) is 10.4. The van der Waals surface area contributed by atoms with Gasteiger partial charge in [-0.15, -0.1) is 0 Å². The Balaban J connectivity index is 2.54. The molecule has 2 aromatic rings. The first kappa shape index (κ1) is 15.4. The third-order valence-corrected chi connectivity index (χ3v) is 4.36. The van der Waals surface area contributed by atoms with Crippen molar-refractivity contribution in [3.8, 4) is 6.07 Å². The van der Waals surface area contributed by atoms with Crippen LogP contribution in [0.4, 0.5) is 0 Å². The van der Waals surface area contributed by atoms with Crippen molar-refractivity contribution in [2.24, 2.45) is 0 Å². The molecule has 0 aliphatic carbocycles. The molecule has 0 amide bonds. The molecule has 2 aromatic heterocycles. The summed E-state index contributed by atoms with van der Waals surface area (Å²) in [4.78, 5) is 7.04. The van der Waals surface area contributed by atoms with Gasteiger partial charge in [-0.2, -0.15) is 5.26 Å². The zero-order valence-corrected chi connectivity index (χ0v) is 12.7. The van der Waals surface area contributed by atoms with Crippen LogP contribution in [0.15, 0.2) is 46.5 Å². The summed E-state index contributed by atoms with van der Waals surface area (Å²) >= 11 is 11.5. The van der Waals surface area contributed by atoms with Crippen LogP contribution in [0, 0.1) is 11.3 Å². The van der Waals surface area contributed by atoms with Gasteiger partial charge in [0.05, 0.1) is 0 Å². The van der Waals surface area contributed by atoms with Crippen molar-refractivity contribution in [2.45, 2.75) is 5.03 Å². The van der Waals surface area contributed by atoms with Gasteiger partial charge in [0.2, 0.25) is 9.84 Å². The Labute approximate surface area is 131 Å². The molecule has 0 aromatic carbocycles. The second kappa shape index (κ2) is 6.22. The number of aromatic nitrogens is 2. The van der Waals surface area contributed by atoms with Crippen LogP contribution in [0.1, 0.15) is 5.56 Å². The van der Waals surface area contributed by atoms with Crippen LogP contribution in [0.2, 0.25) is 10.3 Å². The average Bonchev–Trinajstić information content (AvgIpc) is 2.44. The van der Waals surface area contributed by atoms with E-state index in [1.807, 2.05) is 0 Å². The predicted octanol–water partition coefficient (Wildman–Crippen LogP) is 3.12. The van der Waals surface area contributed by atoms with Crippen molar-refractivity contribution >= 4 is 39.1 Å². The molecule has 0 atom stereocenters. The third kappa shape index (κ3) is 3.58. The van der Waals surface area contributed by atoms with Gasteiger partial charge in [-0.25, -0.2) is 18.4 Å². The van der Waals surface area contributed by atoms with E-state index in [0.717, 1.165) is 0 Å². The molecule has 0 N–H and O–H groups in total. The quantitative estimate of drug-likeness (QED) is 0.633. The fraction of sp³-hybridized carbons (Fsp3) is 0. The number of rotatable bonds is 3. The SMILES string of the molecule is N#C/C(=C/c1cc(Cl)nc(Cl)c1)S(=O)(=O)c1ccccn1. The summed E-state index contributed by atoms with van der Waals surface area (Å²) in [6, 6.07) is 8.87. The van der Waals surface area contributed by atoms with Gasteiger partial charge in [0.15, 0.2) is 9.93 Å². The molecule has 0 unspecified atom stereocenters. The van der Waals surface area contributed by atoms with Gasteiger partial charge in [-0.05, 0) is 35.9 Å². The molecule has 0 bridgehead atoms. The van der Waals surface area contributed by atoms with Crippen LogP contribution in [0.25, 0.3) is 6.08 Å². The van der Waals surface area contributed by atoms with Gasteiger partial charge in [-0.1, -0.05) is 29.3 Å². The number of nitriles is 1. The third-order valence-electron chi connectivity index (χ3n) is 2.40. The van der Waals surface area contributed by atoms with Crippen LogP contribution < -0.4 is 0 Å². The van der Waals surface area contributed by atoms with Crippen LogP contribution in [0.3, 0.4) is 0 Å². The summed E-state index contributed by atoms with van der Waals surface area (Å²) in [5.41, 5.74) is 0.357. The minimum atomic E-state index is -3.99. The van der Waals surface area contributed by atoms with Crippen LogP contribution >= 0.6 is 23.2 Å². The average molecular weight is 340 g/mol. The molecule has 0 radical (unpaired) electrons. The van der Waals surface area contributed by atoms with Gasteiger partial charge in [-0.3, -0.25) is 0 Å². The van der Waals surface area contributed by atoms with Crippen molar-refractivity contribution in [2.75, 3.05) is 0 Å². The van der Waals surface area contributed by atoms with E-state index < -0.39 is 14.7 Å². The van der Waals surface area contributed by atoms with Gasteiger partial charge in [0.1, 0.15) is 16.4 Å². The monoisotopic (exact) mass is 339 g/mol. The van der Waals surface area contributed by atoms with Gasteiger partial charge in [0, 0.05) is 6.20 Å². The second-order valence-corrected chi connectivity index (χ2v) is 6.48. The van der Waals surface area contributed by atoms with E-state index in [1.165, 1.54) is 36.5 Å². The van der Waals surface area contributed by atoms with Crippen LogP contribution in [-0.2, 0) is 9.84 Å². The lowest BCUT2D eigenvalue weighted by atomic mass is 10.2. The minimum absolute atomic E-state index is 0.0984. The normalized spacial score (nSPS) is 12.0. The van der Waals surface area contributed by atoms with Crippen LogP contribution in [-0.4, -0.2) is 18.4 Å². The Hall–Kier alpha value is -1.94. The Kier molecular flexibility index (Phi) is 4.58.